The molecule has 1 nitrogen and oxygen atoms in total. The molecular weight excluding hydrogens is 134 g/mol. The number of piperidine rings is 1. The molecule has 1 heterocycles. The molecule has 1 heteroatoms. The van der Waals surface area contributed by atoms with Crippen LogP contribution in [0.2, 0.25) is 0 Å². The summed E-state index contributed by atoms with van der Waals surface area (Å²) in [5.41, 5.74) is 1.32. The van der Waals surface area contributed by atoms with E-state index < -0.39 is 0 Å². The summed E-state index contributed by atoms with van der Waals surface area (Å²) in [6.45, 7) is 8.58. The summed E-state index contributed by atoms with van der Waals surface area (Å²) < 4.78 is 0. The molecule has 2 rings (SSSR count). The Morgan fingerprint density at radius 2 is 2.36 bits per heavy atom. The van der Waals surface area contributed by atoms with Crippen LogP contribution in [0.15, 0.2) is 12.2 Å². The smallest absolute Gasteiger partial charge is 0.0190 e. The van der Waals surface area contributed by atoms with E-state index in [0.717, 1.165) is 18.5 Å². The largest absolute Gasteiger partial charge is 0.296 e. The van der Waals surface area contributed by atoms with Crippen LogP contribution in [0.4, 0.5) is 0 Å². The fraction of sp³-hybridized carbons (Fsp3) is 0.800. The highest BCUT2D eigenvalue weighted by Crippen LogP contribution is 2.37. The average molecular weight is 151 g/mol. The predicted octanol–water partition coefficient (Wildman–Crippen LogP) is 2.05. The van der Waals surface area contributed by atoms with Gasteiger partial charge < -0.3 is 0 Å². The summed E-state index contributed by atoms with van der Waals surface area (Å²) >= 11 is 0. The van der Waals surface area contributed by atoms with Crippen molar-refractivity contribution in [2.45, 2.75) is 32.2 Å². The van der Waals surface area contributed by atoms with Crippen LogP contribution >= 0.6 is 0 Å². The minimum atomic E-state index is 0.914. The van der Waals surface area contributed by atoms with Crippen LogP contribution in [0.1, 0.15) is 26.2 Å². The van der Waals surface area contributed by atoms with Crippen LogP contribution in [-0.4, -0.2) is 24.0 Å². The summed E-state index contributed by atoms with van der Waals surface area (Å²) in [7, 11) is 0. The van der Waals surface area contributed by atoms with Gasteiger partial charge in [-0.25, -0.2) is 0 Å². The molecule has 1 aliphatic carbocycles. The molecule has 2 unspecified atom stereocenters. The van der Waals surface area contributed by atoms with Crippen molar-refractivity contribution in [1.82, 2.24) is 4.90 Å². The lowest BCUT2D eigenvalue weighted by atomic mass is 10.1. The average Bonchev–Trinajstić information content (AvgIpc) is 2.45. The van der Waals surface area contributed by atoms with Crippen LogP contribution in [0.25, 0.3) is 0 Å². The zero-order valence-corrected chi connectivity index (χ0v) is 7.34. The number of rotatable bonds is 2. The second-order valence-electron chi connectivity index (χ2n) is 4.22. The number of hydrogen-bond donors (Lipinski definition) is 0. The first-order valence-electron chi connectivity index (χ1n) is 4.64. The molecule has 2 fully saturated rings. The molecule has 62 valence electrons. The first kappa shape index (κ1) is 7.35. The SMILES string of the molecule is C=C(C)CN1CC2CCC1C2. The molecule has 1 saturated carbocycles. The monoisotopic (exact) mass is 151 g/mol. The molecule has 0 radical (unpaired) electrons. The second-order valence-corrected chi connectivity index (χ2v) is 4.22. The molecule has 2 atom stereocenters. The predicted molar refractivity (Wildman–Crippen MR) is 47.5 cm³/mol. The third-order valence-electron chi connectivity index (χ3n) is 3.00. The number of fused-ring (bicyclic) bond motifs is 2. The number of nitrogens with zero attached hydrogens (tertiary/aromatic N) is 1. The lowest BCUT2D eigenvalue weighted by Crippen LogP contribution is -2.33. The summed E-state index contributed by atoms with van der Waals surface area (Å²) in [6, 6.07) is 0.914. The van der Waals surface area contributed by atoms with E-state index in [1.54, 1.807) is 0 Å². The summed E-state index contributed by atoms with van der Waals surface area (Å²) in [6.07, 6.45) is 4.39. The van der Waals surface area contributed by atoms with Gasteiger partial charge in [-0.15, -0.1) is 0 Å². The number of hydrogen-bond acceptors (Lipinski definition) is 1. The van der Waals surface area contributed by atoms with Crippen molar-refractivity contribution in [2.75, 3.05) is 13.1 Å². The molecule has 11 heavy (non-hydrogen) atoms. The fourth-order valence-corrected chi connectivity index (χ4v) is 2.57. The van der Waals surface area contributed by atoms with E-state index in [-0.39, 0.29) is 0 Å². The van der Waals surface area contributed by atoms with Crippen LogP contribution in [0, 0.1) is 5.92 Å². The Kier molecular flexibility index (Phi) is 1.76. The number of likely N-dealkylation sites (tertiary alicyclic amines) is 1. The van der Waals surface area contributed by atoms with Gasteiger partial charge in [0.15, 0.2) is 0 Å². The maximum absolute atomic E-state index is 3.96. The molecule has 2 bridgehead atoms. The van der Waals surface area contributed by atoms with Crippen molar-refractivity contribution in [1.29, 1.82) is 0 Å². The molecular formula is C10H17N. The van der Waals surface area contributed by atoms with E-state index in [1.165, 1.54) is 31.4 Å². The highest BCUT2D eigenvalue weighted by Gasteiger charge is 2.37. The van der Waals surface area contributed by atoms with Gasteiger partial charge >= 0.3 is 0 Å². The van der Waals surface area contributed by atoms with Gasteiger partial charge in [-0.05, 0) is 32.1 Å². The Morgan fingerprint density at radius 1 is 1.55 bits per heavy atom. The molecule has 0 aromatic heterocycles. The Balaban J connectivity index is 1.92. The highest BCUT2D eigenvalue weighted by molar-refractivity contribution is 4.99. The zero-order valence-electron chi connectivity index (χ0n) is 7.34. The van der Waals surface area contributed by atoms with Crippen LogP contribution in [0.5, 0.6) is 0 Å². The van der Waals surface area contributed by atoms with E-state index in [0.29, 0.717) is 0 Å². The van der Waals surface area contributed by atoms with Crippen molar-refractivity contribution in [2.24, 2.45) is 5.92 Å². The van der Waals surface area contributed by atoms with E-state index in [9.17, 15) is 0 Å². The molecule has 0 amide bonds. The Hall–Kier alpha value is -0.300. The minimum absolute atomic E-state index is 0.914. The fourth-order valence-electron chi connectivity index (χ4n) is 2.57. The zero-order chi connectivity index (χ0) is 7.84. The summed E-state index contributed by atoms with van der Waals surface area (Å²) in [5.74, 6) is 1.03. The maximum atomic E-state index is 3.96. The van der Waals surface area contributed by atoms with Gasteiger partial charge in [-0.1, -0.05) is 12.2 Å². The third kappa shape index (κ3) is 1.34. The lowest BCUT2D eigenvalue weighted by molar-refractivity contribution is 0.231. The standard InChI is InChI=1S/C10H17N/c1-8(2)6-11-7-9-3-4-10(11)5-9/h9-10H,1,3-7H2,2H3. The van der Waals surface area contributed by atoms with Gasteiger partial charge in [-0.2, -0.15) is 0 Å². The summed E-state index contributed by atoms with van der Waals surface area (Å²) in [5, 5.41) is 0. The quantitative estimate of drug-likeness (QED) is 0.546. The van der Waals surface area contributed by atoms with Crippen molar-refractivity contribution < 1.29 is 0 Å². The van der Waals surface area contributed by atoms with E-state index in [2.05, 4.69) is 18.4 Å². The molecule has 2 aliphatic rings. The topological polar surface area (TPSA) is 3.24 Å². The normalized spacial score (nSPS) is 36.5. The van der Waals surface area contributed by atoms with Crippen LogP contribution < -0.4 is 0 Å². The van der Waals surface area contributed by atoms with Crippen LogP contribution in [0.3, 0.4) is 0 Å². The summed E-state index contributed by atoms with van der Waals surface area (Å²) in [4.78, 5) is 2.61. The molecule has 1 saturated heterocycles. The van der Waals surface area contributed by atoms with E-state index in [1.807, 2.05) is 0 Å². The van der Waals surface area contributed by atoms with Crippen molar-refractivity contribution in [3.8, 4) is 0 Å². The lowest BCUT2D eigenvalue weighted by Gasteiger charge is -2.26. The van der Waals surface area contributed by atoms with Crippen molar-refractivity contribution in [3.63, 3.8) is 0 Å². The third-order valence-corrected chi connectivity index (χ3v) is 3.00. The van der Waals surface area contributed by atoms with Gasteiger partial charge in [0.2, 0.25) is 0 Å². The minimum Gasteiger partial charge on any atom is -0.296 e. The van der Waals surface area contributed by atoms with Crippen molar-refractivity contribution in [3.05, 3.63) is 12.2 Å². The molecule has 1 aliphatic heterocycles. The molecule has 0 N–H and O–H groups in total. The van der Waals surface area contributed by atoms with Gasteiger partial charge in [0.1, 0.15) is 0 Å². The molecule has 0 aromatic carbocycles. The highest BCUT2D eigenvalue weighted by atomic mass is 15.2. The van der Waals surface area contributed by atoms with Gasteiger partial charge in [0.25, 0.3) is 0 Å². The van der Waals surface area contributed by atoms with Gasteiger partial charge in [0, 0.05) is 19.1 Å². The Labute approximate surface area is 69.1 Å². The maximum Gasteiger partial charge on any atom is 0.0190 e. The first-order valence-corrected chi connectivity index (χ1v) is 4.64. The first-order chi connectivity index (χ1) is 5.25. The van der Waals surface area contributed by atoms with Crippen molar-refractivity contribution >= 4 is 0 Å². The van der Waals surface area contributed by atoms with Crippen LogP contribution in [-0.2, 0) is 0 Å². The van der Waals surface area contributed by atoms with E-state index in [4.69, 9.17) is 0 Å². The van der Waals surface area contributed by atoms with E-state index >= 15 is 0 Å². The Morgan fingerprint density at radius 3 is 2.82 bits per heavy atom. The Bertz CT molecular complexity index is 174. The second kappa shape index (κ2) is 2.63. The molecule has 0 aromatic rings. The van der Waals surface area contributed by atoms with Gasteiger partial charge in [0.05, 0.1) is 0 Å². The molecule has 0 spiro atoms. The van der Waals surface area contributed by atoms with Gasteiger partial charge in [-0.3, -0.25) is 4.90 Å².